The van der Waals surface area contributed by atoms with Crippen molar-refractivity contribution >= 4 is 5.91 Å². The summed E-state index contributed by atoms with van der Waals surface area (Å²) in [5.41, 5.74) is 3.08. The Morgan fingerprint density at radius 1 is 1.11 bits per heavy atom. The van der Waals surface area contributed by atoms with Crippen molar-refractivity contribution in [1.29, 1.82) is 0 Å². The van der Waals surface area contributed by atoms with Gasteiger partial charge in [0.05, 0.1) is 12.1 Å². The minimum atomic E-state index is -0.966. The third kappa shape index (κ3) is 3.78. The SMILES string of the molecule is Cc1cc(C)c(CN2CC3(CC3)c3c(F)c4c(c(C)c3C2=O)O[C@](C)(C2CCN(C(C)C)CC2)O4)c(=O)[nH]1. The van der Waals surface area contributed by atoms with Gasteiger partial charge in [-0.25, -0.2) is 4.39 Å². The lowest BCUT2D eigenvalue weighted by atomic mass is 9.83. The maximum Gasteiger partial charge on any atom is 0.255 e. The number of amides is 1. The lowest BCUT2D eigenvalue weighted by molar-refractivity contribution is -0.127. The lowest BCUT2D eigenvalue weighted by Gasteiger charge is -2.40. The number of hydrogen-bond acceptors (Lipinski definition) is 5. The Hall–Kier alpha value is -2.87. The molecule has 204 valence electrons. The summed E-state index contributed by atoms with van der Waals surface area (Å²) in [4.78, 5) is 33.6. The summed E-state index contributed by atoms with van der Waals surface area (Å²) < 4.78 is 29.1. The number of H-pyrrole nitrogens is 1. The number of aryl methyl sites for hydroxylation is 2. The molecule has 38 heavy (non-hydrogen) atoms. The number of likely N-dealkylation sites (tertiary alicyclic amines) is 1. The van der Waals surface area contributed by atoms with Crippen molar-refractivity contribution in [2.75, 3.05) is 19.6 Å². The van der Waals surface area contributed by atoms with Gasteiger partial charge in [-0.3, -0.25) is 9.59 Å². The number of aromatic amines is 1. The van der Waals surface area contributed by atoms with Crippen LogP contribution in [0.4, 0.5) is 4.39 Å². The third-order valence-electron chi connectivity index (χ3n) is 9.42. The molecule has 6 rings (SSSR count). The molecular weight excluding hydrogens is 485 g/mol. The second-order valence-corrected chi connectivity index (χ2v) is 12.4. The van der Waals surface area contributed by atoms with E-state index in [0.717, 1.165) is 50.0 Å². The number of pyridine rings is 1. The standard InChI is InChI=1S/C30H38FN3O4/c1-16(2)33-11-7-20(8-12-33)29(6)37-25-19(5)22-23(24(31)26(25)38-29)30(9-10-30)15-34(28(22)36)14-21-17(3)13-18(4)32-27(21)35/h13,16,20H,7-12,14-15H2,1-6H3,(H,32,35)/t29-/m0/s1. The van der Waals surface area contributed by atoms with Crippen LogP contribution in [0.1, 0.15) is 84.8 Å². The lowest BCUT2D eigenvalue weighted by Crippen LogP contribution is -2.49. The molecule has 8 heteroatoms. The molecule has 1 aromatic carbocycles. The van der Waals surface area contributed by atoms with Crippen LogP contribution >= 0.6 is 0 Å². The zero-order valence-corrected chi connectivity index (χ0v) is 23.3. The first-order valence-electron chi connectivity index (χ1n) is 13.9. The fraction of sp³-hybridized carbons (Fsp3) is 0.600. The number of rotatable bonds is 4. The van der Waals surface area contributed by atoms with Crippen LogP contribution in [0.15, 0.2) is 10.9 Å². The van der Waals surface area contributed by atoms with Crippen LogP contribution < -0.4 is 15.0 Å². The number of piperidine rings is 1. The molecule has 2 fully saturated rings. The molecule has 1 saturated carbocycles. The van der Waals surface area contributed by atoms with Crippen molar-refractivity contribution in [2.45, 2.75) is 91.0 Å². The summed E-state index contributed by atoms with van der Waals surface area (Å²) in [5, 5.41) is 0. The number of carbonyl (C=O) groups excluding carboxylic acids is 1. The summed E-state index contributed by atoms with van der Waals surface area (Å²) in [6, 6.07) is 2.40. The number of nitrogens with zero attached hydrogens (tertiary/aromatic N) is 2. The van der Waals surface area contributed by atoms with Crippen molar-refractivity contribution in [1.82, 2.24) is 14.8 Å². The Kier molecular flexibility index (Phi) is 5.73. The Morgan fingerprint density at radius 3 is 2.37 bits per heavy atom. The van der Waals surface area contributed by atoms with Gasteiger partial charge in [-0.15, -0.1) is 0 Å². The molecule has 7 nitrogen and oxygen atoms in total. The highest BCUT2D eigenvalue weighted by Gasteiger charge is 2.57. The fourth-order valence-electron chi connectivity index (χ4n) is 6.94. The zero-order chi connectivity index (χ0) is 27.1. The summed E-state index contributed by atoms with van der Waals surface area (Å²) >= 11 is 0. The van der Waals surface area contributed by atoms with E-state index in [0.29, 0.717) is 40.6 Å². The highest BCUT2D eigenvalue weighted by Crippen LogP contribution is 2.59. The van der Waals surface area contributed by atoms with E-state index in [1.54, 1.807) is 4.90 Å². The Labute approximate surface area is 223 Å². The molecule has 1 saturated heterocycles. The Morgan fingerprint density at radius 2 is 1.76 bits per heavy atom. The summed E-state index contributed by atoms with van der Waals surface area (Å²) in [6.45, 7) is 14.4. The van der Waals surface area contributed by atoms with Gasteiger partial charge in [0.15, 0.2) is 11.6 Å². The average Bonchev–Trinajstić information content (AvgIpc) is 3.53. The molecule has 1 aromatic heterocycles. The number of fused-ring (bicyclic) bond motifs is 3. The maximum atomic E-state index is 16.3. The smallest absolute Gasteiger partial charge is 0.255 e. The molecular formula is C30H38FN3O4. The van der Waals surface area contributed by atoms with Crippen molar-refractivity contribution in [2.24, 2.45) is 5.92 Å². The highest BCUT2D eigenvalue weighted by atomic mass is 19.1. The van der Waals surface area contributed by atoms with Crippen LogP contribution in [0.3, 0.4) is 0 Å². The van der Waals surface area contributed by atoms with E-state index in [1.807, 2.05) is 33.8 Å². The van der Waals surface area contributed by atoms with Crippen molar-refractivity contribution in [3.63, 3.8) is 0 Å². The zero-order valence-electron chi connectivity index (χ0n) is 23.3. The summed E-state index contributed by atoms with van der Waals surface area (Å²) in [6.07, 6.45) is 3.41. The van der Waals surface area contributed by atoms with Gasteiger partial charge in [0.2, 0.25) is 5.75 Å². The van der Waals surface area contributed by atoms with Crippen LogP contribution in [0.2, 0.25) is 0 Å². The highest BCUT2D eigenvalue weighted by molar-refractivity contribution is 6.00. The predicted octanol–water partition coefficient (Wildman–Crippen LogP) is 4.73. The monoisotopic (exact) mass is 523 g/mol. The maximum absolute atomic E-state index is 16.3. The van der Waals surface area contributed by atoms with Gasteiger partial charge in [-0.05, 0) is 85.0 Å². The number of halogens is 1. The summed E-state index contributed by atoms with van der Waals surface area (Å²) in [5.74, 6) is -1.03. The predicted molar refractivity (Wildman–Crippen MR) is 142 cm³/mol. The molecule has 2 aromatic rings. The molecule has 1 N–H and O–H groups in total. The van der Waals surface area contributed by atoms with Gasteiger partial charge in [0, 0.05) is 53.2 Å². The number of aromatic nitrogens is 1. The van der Waals surface area contributed by atoms with Crippen molar-refractivity contribution in [3.05, 3.63) is 55.7 Å². The van der Waals surface area contributed by atoms with Gasteiger partial charge in [0.1, 0.15) is 0 Å². The third-order valence-corrected chi connectivity index (χ3v) is 9.42. The number of hydrogen-bond donors (Lipinski definition) is 1. The van der Waals surface area contributed by atoms with E-state index in [4.69, 9.17) is 9.47 Å². The molecule has 0 radical (unpaired) electrons. The molecule has 3 aliphatic heterocycles. The fourth-order valence-corrected chi connectivity index (χ4v) is 6.94. The summed E-state index contributed by atoms with van der Waals surface area (Å²) in [7, 11) is 0. The molecule has 0 unspecified atom stereocenters. The van der Waals surface area contributed by atoms with Gasteiger partial charge < -0.3 is 24.3 Å². The molecule has 1 aliphatic carbocycles. The van der Waals surface area contributed by atoms with E-state index in [-0.39, 0.29) is 29.7 Å². The average molecular weight is 524 g/mol. The minimum Gasteiger partial charge on any atom is -0.448 e. The van der Waals surface area contributed by atoms with Crippen LogP contribution in [0.25, 0.3) is 0 Å². The first-order chi connectivity index (χ1) is 17.9. The van der Waals surface area contributed by atoms with Gasteiger partial charge >= 0.3 is 0 Å². The number of nitrogens with one attached hydrogen (secondary N) is 1. The molecule has 4 aliphatic rings. The van der Waals surface area contributed by atoms with E-state index in [1.165, 1.54) is 0 Å². The van der Waals surface area contributed by atoms with Crippen molar-refractivity contribution < 1.29 is 18.7 Å². The number of ether oxygens (including phenoxy) is 2. The van der Waals surface area contributed by atoms with Crippen LogP contribution in [-0.2, 0) is 12.0 Å². The van der Waals surface area contributed by atoms with Gasteiger partial charge in [-0.1, -0.05) is 0 Å². The first-order valence-corrected chi connectivity index (χ1v) is 13.9. The second-order valence-electron chi connectivity index (χ2n) is 12.4. The largest absolute Gasteiger partial charge is 0.448 e. The van der Waals surface area contributed by atoms with Crippen LogP contribution in [0.5, 0.6) is 11.5 Å². The normalized spacial score (nSPS) is 24.4. The van der Waals surface area contributed by atoms with Crippen LogP contribution in [-0.4, -0.2) is 52.2 Å². The molecule has 1 amide bonds. The van der Waals surface area contributed by atoms with Crippen molar-refractivity contribution in [3.8, 4) is 11.5 Å². The molecule has 4 heterocycles. The Balaban J connectivity index is 1.35. The number of carbonyl (C=O) groups is 1. The quantitative estimate of drug-likeness (QED) is 0.627. The van der Waals surface area contributed by atoms with E-state index >= 15 is 4.39 Å². The number of benzene rings is 1. The Bertz CT molecular complexity index is 1390. The molecule has 0 bridgehead atoms. The minimum absolute atomic E-state index is 0.124. The van der Waals surface area contributed by atoms with E-state index in [2.05, 4.69) is 23.7 Å². The second kappa shape index (κ2) is 8.57. The van der Waals surface area contributed by atoms with Gasteiger partial charge in [-0.2, -0.15) is 0 Å². The van der Waals surface area contributed by atoms with Gasteiger partial charge in [0.25, 0.3) is 17.3 Å². The van der Waals surface area contributed by atoms with E-state index in [9.17, 15) is 9.59 Å². The molecule has 1 atom stereocenters. The van der Waals surface area contributed by atoms with Crippen LogP contribution in [0, 0.1) is 32.5 Å². The topological polar surface area (TPSA) is 74.9 Å². The molecule has 1 spiro atoms. The first kappa shape index (κ1) is 25.4. The van der Waals surface area contributed by atoms with E-state index < -0.39 is 17.0 Å².